The van der Waals surface area contributed by atoms with Crippen molar-refractivity contribution < 1.29 is 4.74 Å². The monoisotopic (exact) mass is 448 g/mol. The van der Waals surface area contributed by atoms with E-state index < -0.39 is 0 Å². The minimum Gasteiger partial charge on any atom is -0.379 e. The Morgan fingerprint density at radius 2 is 1.78 bits per heavy atom. The standard InChI is InChI=1S/C24H28N6OS/c32-24-27-22(19-7-1-3-10-25-19)23(30(24)14-6-12-28-15-17-31-18-16-28)20-8-5-13-29(20)21-9-2-4-11-26-21/h1-5,7-11,13,22-23H,6,12,14-18H2,(H,27,32)/t22-,23-/m0/s1. The number of rotatable bonds is 7. The molecule has 7 nitrogen and oxygen atoms in total. The van der Waals surface area contributed by atoms with E-state index in [-0.39, 0.29) is 12.1 Å². The van der Waals surface area contributed by atoms with Crippen LogP contribution in [-0.4, -0.2) is 68.8 Å². The molecule has 0 spiro atoms. The van der Waals surface area contributed by atoms with Crippen molar-refractivity contribution in [3.63, 3.8) is 0 Å². The number of hydrogen-bond acceptors (Lipinski definition) is 5. The summed E-state index contributed by atoms with van der Waals surface area (Å²) in [5.74, 6) is 0.901. The molecule has 3 aromatic heterocycles. The Hall–Kier alpha value is -2.81. The molecule has 2 aliphatic heterocycles. The van der Waals surface area contributed by atoms with Crippen LogP contribution in [0.5, 0.6) is 0 Å². The Morgan fingerprint density at radius 1 is 0.969 bits per heavy atom. The van der Waals surface area contributed by atoms with Gasteiger partial charge in [-0.3, -0.25) is 9.88 Å². The number of ether oxygens (including phenoxy) is 1. The first-order valence-electron chi connectivity index (χ1n) is 11.2. The summed E-state index contributed by atoms with van der Waals surface area (Å²) in [5.41, 5.74) is 2.14. The fraction of sp³-hybridized carbons (Fsp3) is 0.375. The van der Waals surface area contributed by atoms with Gasteiger partial charge in [0.2, 0.25) is 0 Å². The summed E-state index contributed by atoms with van der Waals surface area (Å²) in [6, 6.07) is 16.3. The minimum absolute atomic E-state index is 0.0237. The molecule has 5 rings (SSSR count). The van der Waals surface area contributed by atoms with E-state index >= 15 is 0 Å². The van der Waals surface area contributed by atoms with Crippen LogP contribution in [0, 0.1) is 0 Å². The molecular formula is C24H28N6OS. The molecule has 0 aliphatic carbocycles. The Morgan fingerprint density at radius 3 is 2.53 bits per heavy atom. The first-order chi connectivity index (χ1) is 15.8. The van der Waals surface area contributed by atoms with Crippen molar-refractivity contribution in [1.82, 2.24) is 29.7 Å². The van der Waals surface area contributed by atoms with Crippen LogP contribution in [0.4, 0.5) is 0 Å². The quantitative estimate of drug-likeness (QED) is 0.558. The van der Waals surface area contributed by atoms with Crippen LogP contribution in [0.3, 0.4) is 0 Å². The van der Waals surface area contributed by atoms with Crippen molar-refractivity contribution in [3.05, 3.63) is 78.5 Å². The summed E-state index contributed by atoms with van der Waals surface area (Å²) >= 11 is 5.83. The highest BCUT2D eigenvalue weighted by Gasteiger charge is 2.41. The third kappa shape index (κ3) is 4.39. The number of pyridine rings is 2. The highest BCUT2D eigenvalue weighted by Crippen LogP contribution is 2.39. The van der Waals surface area contributed by atoms with Crippen molar-refractivity contribution in [2.24, 2.45) is 0 Å². The number of morpholine rings is 1. The predicted octanol–water partition coefficient (Wildman–Crippen LogP) is 2.96. The molecule has 0 bridgehead atoms. The average Bonchev–Trinajstić information content (AvgIpc) is 3.45. The molecule has 8 heteroatoms. The molecule has 1 N–H and O–H groups in total. The Labute approximate surface area is 194 Å². The lowest BCUT2D eigenvalue weighted by Crippen LogP contribution is -2.39. The van der Waals surface area contributed by atoms with E-state index in [4.69, 9.17) is 17.0 Å². The molecule has 0 aromatic carbocycles. The van der Waals surface area contributed by atoms with Crippen LogP contribution in [0.2, 0.25) is 0 Å². The van der Waals surface area contributed by atoms with Crippen LogP contribution in [0.15, 0.2) is 67.1 Å². The average molecular weight is 449 g/mol. The first kappa shape index (κ1) is 21.1. The van der Waals surface area contributed by atoms with Gasteiger partial charge in [-0.15, -0.1) is 0 Å². The molecule has 3 aromatic rings. The van der Waals surface area contributed by atoms with E-state index in [2.05, 4.69) is 54.0 Å². The molecular weight excluding hydrogens is 420 g/mol. The van der Waals surface area contributed by atoms with E-state index in [0.717, 1.165) is 68.1 Å². The maximum absolute atomic E-state index is 5.83. The second kappa shape index (κ2) is 9.77. The molecule has 0 unspecified atom stereocenters. The Bertz CT molecular complexity index is 1020. The van der Waals surface area contributed by atoms with Crippen molar-refractivity contribution in [2.45, 2.75) is 18.5 Å². The highest BCUT2D eigenvalue weighted by atomic mass is 32.1. The molecule has 166 valence electrons. The molecule has 0 saturated carbocycles. The van der Waals surface area contributed by atoms with Gasteiger partial charge in [0.1, 0.15) is 5.82 Å². The number of nitrogens with one attached hydrogen (secondary N) is 1. The van der Waals surface area contributed by atoms with E-state index in [1.807, 2.05) is 42.7 Å². The second-order valence-electron chi connectivity index (χ2n) is 8.12. The van der Waals surface area contributed by atoms with Crippen LogP contribution in [-0.2, 0) is 4.74 Å². The van der Waals surface area contributed by atoms with Crippen molar-refractivity contribution >= 4 is 17.3 Å². The normalized spacial score (nSPS) is 21.6. The topological polar surface area (TPSA) is 58.5 Å². The number of aromatic nitrogens is 3. The molecule has 0 amide bonds. The van der Waals surface area contributed by atoms with Gasteiger partial charge in [-0.2, -0.15) is 0 Å². The van der Waals surface area contributed by atoms with Crippen LogP contribution < -0.4 is 5.32 Å². The summed E-state index contributed by atoms with van der Waals surface area (Å²) in [6.07, 6.45) is 6.78. The minimum atomic E-state index is -0.0237. The Balaban J connectivity index is 1.43. The third-order valence-corrected chi connectivity index (χ3v) is 6.51. The molecule has 2 atom stereocenters. The van der Waals surface area contributed by atoms with Crippen LogP contribution in [0.1, 0.15) is 29.9 Å². The van der Waals surface area contributed by atoms with E-state index in [1.54, 1.807) is 0 Å². The molecule has 2 fully saturated rings. The van der Waals surface area contributed by atoms with Crippen molar-refractivity contribution in [3.8, 4) is 5.82 Å². The zero-order valence-electron chi connectivity index (χ0n) is 18.0. The zero-order valence-corrected chi connectivity index (χ0v) is 18.8. The maximum Gasteiger partial charge on any atom is 0.170 e. The summed E-state index contributed by atoms with van der Waals surface area (Å²) in [4.78, 5) is 14.0. The second-order valence-corrected chi connectivity index (χ2v) is 8.51. The fourth-order valence-electron chi connectivity index (χ4n) is 4.60. The van der Waals surface area contributed by atoms with E-state index in [9.17, 15) is 0 Å². The highest BCUT2D eigenvalue weighted by molar-refractivity contribution is 7.80. The van der Waals surface area contributed by atoms with Gasteiger partial charge in [-0.25, -0.2) is 4.98 Å². The van der Waals surface area contributed by atoms with Crippen molar-refractivity contribution in [2.75, 3.05) is 39.4 Å². The zero-order chi connectivity index (χ0) is 21.8. The first-order valence-corrected chi connectivity index (χ1v) is 11.6. The summed E-state index contributed by atoms with van der Waals surface area (Å²) in [6.45, 7) is 5.59. The van der Waals surface area contributed by atoms with Gasteiger partial charge < -0.3 is 19.5 Å². The van der Waals surface area contributed by atoms with Gasteiger partial charge in [-0.05, 0) is 55.0 Å². The fourth-order valence-corrected chi connectivity index (χ4v) is 4.93. The van der Waals surface area contributed by atoms with Gasteiger partial charge in [0.25, 0.3) is 0 Å². The lowest BCUT2D eigenvalue weighted by Gasteiger charge is -2.30. The lowest BCUT2D eigenvalue weighted by molar-refractivity contribution is 0.0365. The largest absolute Gasteiger partial charge is 0.379 e. The maximum atomic E-state index is 5.83. The summed E-state index contributed by atoms with van der Waals surface area (Å²) in [7, 11) is 0. The molecule has 32 heavy (non-hydrogen) atoms. The van der Waals surface area contributed by atoms with Gasteiger partial charge in [0, 0.05) is 50.5 Å². The van der Waals surface area contributed by atoms with Crippen LogP contribution >= 0.6 is 12.2 Å². The van der Waals surface area contributed by atoms with Gasteiger partial charge in [0.15, 0.2) is 5.11 Å². The molecule has 5 heterocycles. The number of nitrogens with zero attached hydrogens (tertiary/aromatic N) is 5. The molecule has 2 saturated heterocycles. The van der Waals surface area contributed by atoms with E-state index in [1.165, 1.54) is 0 Å². The predicted molar refractivity (Wildman–Crippen MR) is 128 cm³/mol. The smallest absolute Gasteiger partial charge is 0.170 e. The van der Waals surface area contributed by atoms with Gasteiger partial charge in [0.05, 0.1) is 31.0 Å². The Kier molecular flexibility index (Phi) is 6.43. The van der Waals surface area contributed by atoms with Gasteiger partial charge >= 0.3 is 0 Å². The van der Waals surface area contributed by atoms with Crippen molar-refractivity contribution in [1.29, 1.82) is 0 Å². The summed E-state index contributed by atoms with van der Waals surface area (Å²) < 4.78 is 7.64. The third-order valence-electron chi connectivity index (χ3n) is 6.15. The van der Waals surface area contributed by atoms with Crippen LogP contribution in [0.25, 0.3) is 5.82 Å². The molecule has 0 radical (unpaired) electrons. The SMILES string of the molecule is S=C1N[C@@H](c2ccccn2)[C@H](c2cccn2-c2ccccn2)N1CCCN1CCOCC1. The van der Waals surface area contributed by atoms with E-state index in [0.29, 0.717) is 0 Å². The molecule has 2 aliphatic rings. The number of hydrogen-bond donors (Lipinski definition) is 1. The lowest BCUT2D eigenvalue weighted by atomic mass is 10.0. The summed E-state index contributed by atoms with van der Waals surface area (Å²) in [5, 5.41) is 4.33. The van der Waals surface area contributed by atoms with Gasteiger partial charge in [-0.1, -0.05) is 12.1 Å². The number of thiocarbonyl (C=S) groups is 1.